The molecule has 3 atom stereocenters. The van der Waals surface area contributed by atoms with Gasteiger partial charge in [-0.2, -0.15) is 0 Å². The van der Waals surface area contributed by atoms with Crippen molar-refractivity contribution in [3.8, 4) is 0 Å². The van der Waals surface area contributed by atoms with Gasteiger partial charge < -0.3 is 4.48 Å². The first-order valence-electron chi connectivity index (χ1n) is 16.1. The lowest BCUT2D eigenvalue weighted by Crippen LogP contribution is -2.45. The van der Waals surface area contributed by atoms with Crippen molar-refractivity contribution >= 4 is 86.2 Å². The minimum atomic E-state index is 0.631. The highest BCUT2D eigenvalue weighted by Crippen LogP contribution is 2.66. The molecule has 1 nitrogen and oxygen atoms in total. The van der Waals surface area contributed by atoms with Gasteiger partial charge in [-0.05, 0) is 139 Å². The largest absolute Gasteiger partial charge is 0.325 e. The van der Waals surface area contributed by atoms with Crippen LogP contribution in [0.3, 0.4) is 0 Å². The van der Waals surface area contributed by atoms with E-state index in [1.165, 1.54) is 41.1 Å². The van der Waals surface area contributed by atoms with Gasteiger partial charge in [0.15, 0.2) is 0 Å². The van der Waals surface area contributed by atoms with Crippen molar-refractivity contribution in [3.63, 3.8) is 0 Å². The van der Waals surface area contributed by atoms with Crippen LogP contribution < -0.4 is 0 Å². The van der Waals surface area contributed by atoms with Gasteiger partial charge >= 0.3 is 0 Å². The van der Waals surface area contributed by atoms with Crippen LogP contribution in [0.1, 0.15) is 71.4 Å². The lowest BCUT2D eigenvalue weighted by Gasteiger charge is -2.35. The first kappa shape index (κ1) is 20.2. The van der Waals surface area contributed by atoms with E-state index in [1.54, 1.807) is 109 Å². The van der Waals surface area contributed by atoms with E-state index >= 15 is 0 Å². The Kier molecular flexibility index (Phi) is 2.80. The number of likely N-dealkylation sites (N-methyl/N-ethyl adjacent to an activating group) is 1. The van der Waals surface area contributed by atoms with Gasteiger partial charge in [0.1, 0.15) is 0 Å². The number of fused-ring (bicyclic) bond motifs is 3. The van der Waals surface area contributed by atoms with Crippen molar-refractivity contribution in [3.05, 3.63) is 69.8 Å². The second-order valence-electron chi connectivity index (χ2n) is 15.2. The third-order valence-electron chi connectivity index (χ3n) is 13.2. The van der Waals surface area contributed by atoms with E-state index < -0.39 is 0 Å². The highest BCUT2D eigenvalue weighted by molar-refractivity contribution is 6.58. The molecule has 0 amide bonds. The Morgan fingerprint density at radius 3 is 1.66 bits per heavy atom. The monoisotopic (exact) mass is 524 g/mol. The molecule has 194 valence electrons. The molecule has 0 spiro atoms. The quantitative estimate of drug-likeness (QED) is 0.159. The zero-order chi connectivity index (χ0) is 26.4. The van der Waals surface area contributed by atoms with Crippen LogP contribution in [0.5, 0.6) is 0 Å². The van der Waals surface area contributed by atoms with Gasteiger partial charge in [-0.15, -0.1) is 0 Å². The molecular formula is C40H30N+. The molecule has 1 fully saturated rings. The van der Waals surface area contributed by atoms with Gasteiger partial charge in [-0.1, -0.05) is 49.7 Å². The van der Waals surface area contributed by atoms with Crippen molar-refractivity contribution in [1.82, 2.24) is 0 Å². The molecule has 3 aliphatic carbocycles. The van der Waals surface area contributed by atoms with E-state index in [-0.39, 0.29) is 0 Å². The maximum atomic E-state index is 2.76. The molecule has 0 saturated carbocycles. The van der Waals surface area contributed by atoms with Crippen LogP contribution in [0, 0.1) is 0 Å². The van der Waals surface area contributed by atoms with Crippen LogP contribution in [-0.2, 0) is 12.8 Å². The summed E-state index contributed by atoms with van der Waals surface area (Å²) in [6, 6.07) is 16.2. The van der Waals surface area contributed by atoms with Crippen LogP contribution in [-0.4, -0.2) is 31.2 Å². The van der Waals surface area contributed by atoms with E-state index in [2.05, 4.69) is 57.4 Å². The van der Waals surface area contributed by atoms with Crippen molar-refractivity contribution in [2.24, 2.45) is 0 Å². The Morgan fingerprint density at radius 2 is 1.07 bits per heavy atom. The van der Waals surface area contributed by atoms with Gasteiger partial charge in [0.05, 0.1) is 26.7 Å². The summed E-state index contributed by atoms with van der Waals surface area (Å²) in [7, 11) is 5.09. The summed E-state index contributed by atoms with van der Waals surface area (Å²) in [6.45, 7) is 3.65. The van der Waals surface area contributed by atoms with Crippen molar-refractivity contribution < 1.29 is 4.48 Å². The van der Waals surface area contributed by atoms with E-state index in [4.69, 9.17) is 0 Å². The second-order valence-corrected chi connectivity index (χ2v) is 15.2. The van der Waals surface area contributed by atoms with Gasteiger partial charge in [0, 0.05) is 18.3 Å². The molecule has 4 aliphatic rings. The van der Waals surface area contributed by atoms with Gasteiger partial charge in [-0.25, -0.2) is 0 Å². The summed E-state index contributed by atoms with van der Waals surface area (Å²) in [5.74, 6) is 1.27. The fourth-order valence-electron chi connectivity index (χ4n) is 12.1. The number of benzene rings is 7. The maximum Gasteiger partial charge on any atom is 0.0964 e. The molecule has 1 saturated heterocycles. The average Bonchev–Trinajstić information content (AvgIpc) is 3.73. The van der Waals surface area contributed by atoms with Gasteiger partial charge in [-0.3, -0.25) is 0 Å². The summed E-state index contributed by atoms with van der Waals surface area (Å²) < 4.78 is 1.17. The summed E-state index contributed by atoms with van der Waals surface area (Å²) in [4.78, 5) is 0. The van der Waals surface area contributed by atoms with E-state index in [9.17, 15) is 0 Å². The highest BCUT2D eigenvalue weighted by Gasteiger charge is 2.54. The molecule has 9 aromatic rings. The number of likely N-dealkylation sites (tertiary alicyclic amines) is 1. The zero-order valence-electron chi connectivity index (χ0n) is 23.9. The third kappa shape index (κ3) is 1.75. The predicted molar refractivity (Wildman–Crippen MR) is 174 cm³/mol. The summed E-state index contributed by atoms with van der Waals surface area (Å²) in [6.07, 6.45) is 6.20. The first-order valence-corrected chi connectivity index (χ1v) is 16.1. The topological polar surface area (TPSA) is 0 Å². The molecule has 0 aromatic heterocycles. The third-order valence-corrected chi connectivity index (χ3v) is 13.2. The summed E-state index contributed by atoms with van der Waals surface area (Å²) >= 11 is 0. The van der Waals surface area contributed by atoms with Crippen molar-refractivity contribution in [1.29, 1.82) is 0 Å². The summed E-state index contributed by atoms with van der Waals surface area (Å²) in [5.41, 5.74) is 9.86. The molecule has 1 aliphatic heterocycles. The molecule has 1 heteroatoms. The second kappa shape index (κ2) is 5.68. The van der Waals surface area contributed by atoms with E-state index in [0.717, 1.165) is 12.8 Å². The summed E-state index contributed by atoms with van der Waals surface area (Å²) in [5, 5.41) is 25.7. The first-order chi connectivity index (χ1) is 20.0. The van der Waals surface area contributed by atoms with Crippen LogP contribution in [0.4, 0.5) is 0 Å². The molecule has 41 heavy (non-hydrogen) atoms. The van der Waals surface area contributed by atoms with Gasteiger partial charge in [0.2, 0.25) is 0 Å². The molecule has 1 heterocycles. The molecule has 9 aromatic carbocycles. The number of nitrogens with zero attached hydrogens (tertiary/aromatic N) is 1. The van der Waals surface area contributed by atoms with E-state index in [1.807, 2.05) is 0 Å². The Balaban J connectivity index is 1.37. The van der Waals surface area contributed by atoms with Crippen molar-refractivity contribution in [2.75, 3.05) is 20.6 Å². The van der Waals surface area contributed by atoms with Gasteiger partial charge in [0.25, 0.3) is 0 Å². The molecule has 0 N–H and O–H groups in total. The van der Waals surface area contributed by atoms with Crippen molar-refractivity contribution in [2.45, 2.75) is 56.9 Å². The fraction of sp³-hybridized carbons (Fsp3) is 0.300. The van der Waals surface area contributed by atoms with Crippen LogP contribution in [0.15, 0.2) is 36.4 Å². The molecule has 0 radical (unpaired) electrons. The highest BCUT2D eigenvalue weighted by atomic mass is 15.4. The molecule has 0 bridgehead atoms. The Bertz CT molecular complexity index is 2650. The maximum absolute atomic E-state index is 2.76. The normalized spacial score (nSPS) is 23.9. The van der Waals surface area contributed by atoms with E-state index in [0.29, 0.717) is 17.9 Å². The van der Waals surface area contributed by atoms with Crippen LogP contribution >= 0.6 is 0 Å². The SMILES string of the molecule is CCCCC1C2c3cc4c5c6c(cc7ccc8cc9c%10c%11c(cc(c%12c3c5c(c%12%11)c3c%10c8c7c63)C2C[N+]1(C)C)C9)C4. The number of rotatable bonds is 3. The Hall–Kier alpha value is -3.68. The smallest absolute Gasteiger partial charge is 0.0964 e. The standard InChI is InChI=1S/C40H30N/c1-4-5-6-25-32-23-14-21-12-19-10-17-8-7-16-9-18-11-20-13-22(24(32)15-41(25,2)3)33-34(23)38-31(21)29(19)36-27(17)26(16)35-28(18)30(20)37(33)40(38)39(35)36/h7-10,13-14,24-25,32H,4-6,11-12,15H2,1-3H3/q+1. The fourth-order valence-corrected chi connectivity index (χ4v) is 12.1. The minimum absolute atomic E-state index is 0.631. The Labute approximate surface area is 237 Å². The average molecular weight is 525 g/mol. The number of hydrogen-bond acceptors (Lipinski definition) is 0. The molecule has 3 unspecified atom stereocenters. The molecular weight excluding hydrogens is 494 g/mol. The van der Waals surface area contributed by atoms with Crippen LogP contribution in [0.2, 0.25) is 0 Å². The minimum Gasteiger partial charge on any atom is -0.325 e. The van der Waals surface area contributed by atoms with Crippen LogP contribution in [0.25, 0.3) is 86.2 Å². The zero-order valence-corrected chi connectivity index (χ0v) is 23.9. The lowest BCUT2D eigenvalue weighted by molar-refractivity contribution is -0.903. The Morgan fingerprint density at radius 1 is 0.585 bits per heavy atom. The number of unbranched alkanes of at least 4 members (excludes halogenated alkanes) is 1. The number of hydrogen-bond donors (Lipinski definition) is 0. The molecule has 13 rings (SSSR count). The lowest BCUT2D eigenvalue weighted by atomic mass is 9.72. The number of quaternary nitrogens is 1. The predicted octanol–water partition coefficient (Wildman–Crippen LogP) is 9.74.